The van der Waals surface area contributed by atoms with E-state index in [-0.39, 0.29) is 0 Å². The first-order valence-corrected chi connectivity index (χ1v) is 4.32. The summed E-state index contributed by atoms with van der Waals surface area (Å²) in [6.45, 7) is 3.47. The van der Waals surface area contributed by atoms with E-state index in [1.165, 1.54) is 6.07 Å². The molecule has 1 aromatic rings. The predicted molar refractivity (Wildman–Crippen MR) is 51.6 cm³/mol. The van der Waals surface area contributed by atoms with Crippen molar-refractivity contribution in [3.63, 3.8) is 0 Å². The van der Waals surface area contributed by atoms with Crippen LogP contribution in [0.25, 0.3) is 0 Å². The first-order chi connectivity index (χ1) is 6.32. The highest BCUT2D eigenvalue weighted by Crippen LogP contribution is 2.22. The molecule has 0 saturated heterocycles. The second-order valence-corrected chi connectivity index (χ2v) is 3.97. The van der Waals surface area contributed by atoms with Gasteiger partial charge in [-0.1, -0.05) is 6.07 Å². The van der Waals surface area contributed by atoms with Gasteiger partial charge in [0.25, 0.3) is 0 Å². The summed E-state index contributed by atoms with van der Waals surface area (Å²) in [4.78, 5) is 0. The lowest BCUT2D eigenvalue weighted by Crippen LogP contribution is -2.43. The maximum Gasteiger partial charge on any atom is 0.159 e. The number of rotatable bonds is 2. The molecule has 14 heavy (non-hydrogen) atoms. The third-order valence-corrected chi connectivity index (χ3v) is 2.10. The summed E-state index contributed by atoms with van der Waals surface area (Å²) in [6.07, 6.45) is 0. The van der Waals surface area contributed by atoms with Crippen LogP contribution in [0.1, 0.15) is 25.5 Å². The molecular formula is C10H14F2N2. The van der Waals surface area contributed by atoms with Crippen molar-refractivity contribution in [2.75, 3.05) is 0 Å². The normalized spacial score (nSPS) is 14.1. The molecule has 0 aliphatic heterocycles. The van der Waals surface area contributed by atoms with Crippen LogP contribution in [-0.2, 0) is 0 Å². The summed E-state index contributed by atoms with van der Waals surface area (Å²) in [6, 6.07) is 3.06. The van der Waals surface area contributed by atoms with Crippen LogP contribution in [-0.4, -0.2) is 5.54 Å². The molecule has 1 atom stereocenters. The summed E-state index contributed by atoms with van der Waals surface area (Å²) >= 11 is 0. The molecule has 1 aromatic carbocycles. The summed E-state index contributed by atoms with van der Waals surface area (Å²) < 4.78 is 25.5. The van der Waals surface area contributed by atoms with Gasteiger partial charge in [0.05, 0.1) is 0 Å². The van der Waals surface area contributed by atoms with Gasteiger partial charge in [-0.25, -0.2) is 8.78 Å². The smallest absolute Gasteiger partial charge is 0.159 e. The molecule has 0 saturated carbocycles. The van der Waals surface area contributed by atoms with E-state index in [1.807, 2.05) is 0 Å². The molecule has 78 valence electrons. The minimum absolute atomic E-state index is 0.497. The van der Waals surface area contributed by atoms with Gasteiger partial charge in [0.2, 0.25) is 0 Å². The highest BCUT2D eigenvalue weighted by atomic mass is 19.2. The number of benzene rings is 1. The first-order valence-electron chi connectivity index (χ1n) is 4.32. The molecular weight excluding hydrogens is 186 g/mol. The van der Waals surface area contributed by atoms with Crippen molar-refractivity contribution >= 4 is 0 Å². The monoisotopic (exact) mass is 200 g/mol. The van der Waals surface area contributed by atoms with Crippen molar-refractivity contribution in [3.05, 3.63) is 35.4 Å². The van der Waals surface area contributed by atoms with Gasteiger partial charge < -0.3 is 11.5 Å². The van der Waals surface area contributed by atoms with Crippen LogP contribution in [0.2, 0.25) is 0 Å². The van der Waals surface area contributed by atoms with Crippen LogP contribution >= 0.6 is 0 Å². The maximum absolute atomic E-state index is 12.9. The number of nitrogens with two attached hydrogens (primary N) is 2. The average Bonchev–Trinajstić information content (AvgIpc) is 2.07. The van der Waals surface area contributed by atoms with Crippen molar-refractivity contribution < 1.29 is 8.78 Å². The van der Waals surface area contributed by atoms with E-state index in [1.54, 1.807) is 13.8 Å². The van der Waals surface area contributed by atoms with Crippen molar-refractivity contribution in [3.8, 4) is 0 Å². The summed E-state index contributed by atoms with van der Waals surface area (Å²) in [5.74, 6) is -1.78. The highest BCUT2D eigenvalue weighted by Gasteiger charge is 2.23. The quantitative estimate of drug-likeness (QED) is 0.763. The Kier molecular flexibility index (Phi) is 2.87. The Morgan fingerprint density at radius 2 is 1.79 bits per heavy atom. The fourth-order valence-electron chi connectivity index (χ4n) is 1.14. The molecule has 0 heterocycles. The second kappa shape index (κ2) is 3.63. The molecule has 0 aliphatic carbocycles. The Bertz CT molecular complexity index is 331. The first kappa shape index (κ1) is 11.1. The molecule has 4 heteroatoms. The molecule has 1 rings (SSSR count). The van der Waals surface area contributed by atoms with Gasteiger partial charge in [0, 0.05) is 11.6 Å². The molecule has 2 nitrogen and oxygen atoms in total. The Morgan fingerprint density at radius 1 is 1.21 bits per heavy atom. The van der Waals surface area contributed by atoms with E-state index < -0.39 is 23.2 Å². The number of hydrogen-bond acceptors (Lipinski definition) is 2. The van der Waals surface area contributed by atoms with E-state index in [2.05, 4.69) is 0 Å². The molecule has 4 N–H and O–H groups in total. The fourth-order valence-corrected chi connectivity index (χ4v) is 1.14. The van der Waals surface area contributed by atoms with E-state index in [0.29, 0.717) is 5.56 Å². The molecule has 0 aliphatic rings. The summed E-state index contributed by atoms with van der Waals surface area (Å²) in [5.41, 5.74) is 11.4. The molecule has 0 spiro atoms. The van der Waals surface area contributed by atoms with Gasteiger partial charge >= 0.3 is 0 Å². The number of halogens is 2. The summed E-state index contributed by atoms with van der Waals surface area (Å²) in [5, 5.41) is 0. The average molecular weight is 200 g/mol. The lowest BCUT2D eigenvalue weighted by molar-refractivity contribution is 0.416. The van der Waals surface area contributed by atoms with Gasteiger partial charge in [0.1, 0.15) is 0 Å². The zero-order chi connectivity index (χ0) is 10.9. The Hall–Kier alpha value is -1.00. The third-order valence-electron chi connectivity index (χ3n) is 2.10. The lowest BCUT2D eigenvalue weighted by Gasteiger charge is -2.27. The topological polar surface area (TPSA) is 52.0 Å². The van der Waals surface area contributed by atoms with E-state index in [9.17, 15) is 8.78 Å². The molecule has 0 radical (unpaired) electrons. The van der Waals surface area contributed by atoms with Gasteiger partial charge in [0.15, 0.2) is 11.6 Å². The van der Waals surface area contributed by atoms with Gasteiger partial charge in [-0.3, -0.25) is 0 Å². The minimum atomic E-state index is -0.901. The fraction of sp³-hybridized carbons (Fsp3) is 0.400. The van der Waals surface area contributed by atoms with E-state index in [0.717, 1.165) is 12.1 Å². The van der Waals surface area contributed by atoms with Crippen molar-refractivity contribution in [1.82, 2.24) is 0 Å². The van der Waals surface area contributed by atoms with Gasteiger partial charge in [-0.05, 0) is 31.5 Å². The Labute approximate surface area is 81.9 Å². The highest BCUT2D eigenvalue weighted by molar-refractivity contribution is 5.23. The van der Waals surface area contributed by atoms with Crippen LogP contribution in [0.15, 0.2) is 18.2 Å². The zero-order valence-electron chi connectivity index (χ0n) is 8.22. The maximum atomic E-state index is 12.9. The van der Waals surface area contributed by atoms with Crippen LogP contribution in [0.4, 0.5) is 8.78 Å². The van der Waals surface area contributed by atoms with E-state index in [4.69, 9.17) is 11.5 Å². The van der Waals surface area contributed by atoms with Crippen molar-refractivity contribution in [2.24, 2.45) is 11.5 Å². The predicted octanol–water partition coefficient (Wildman–Crippen LogP) is 1.70. The molecule has 0 bridgehead atoms. The van der Waals surface area contributed by atoms with Crippen LogP contribution in [0, 0.1) is 11.6 Å². The molecule has 1 unspecified atom stereocenters. The van der Waals surface area contributed by atoms with Crippen molar-refractivity contribution in [2.45, 2.75) is 25.4 Å². The Balaban J connectivity index is 3.03. The van der Waals surface area contributed by atoms with Crippen LogP contribution < -0.4 is 11.5 Å². The van der Waals surface area contributed by atoms with Crippen molar-refractivity contribution in [1.29, 1.82) is 0 Å². The molecule has 0 aromatic heterocycles. The standard InChI is InChI=1S/C10H14F2N2/c1-10(2,14)9(13)6-3-4-7(11)8(12)5-6/h3-5,9H,13-14H2,1-2H3. The Morgan fingerprint density at radius 3 is 2.21 bits per heavy atom. The minimum Gasteiger partial charge on any atom is -0.324 e. The van der Waals surface area contributed by atoms with Crippen LogP contribution in [0.5, 0.6) is 0 Å². The zero-order valence-corrected chi connectivity index (χ0v) is 8.22. The van der Waals surface area contributed by atoms with E-state index >= 15 is 0 Å². The van der Waals surface area contributed by atoms with Crippen LogP contribution in [0.3, 0.4) is 0 Å². The second-order valence-electron chi connectivity index (χ2n) is 3.97. The largest absolute Gasteiger partial charge is 0.324 e. The summed E-state index contributed by atoms with van der Waals surface area (Å²) in [7, 11) is 0. The SMILES string of the molecule is CC(C)(N)C(N)c1ccc(F)c(F)c1. The van der Waals surface area contributed by atoms with Gasteiger partial charge in [-0.2, -0.15) is 0 Å². The number of hydrogen-bond donors (Lipinski definition) is 2. The van der Waals surface area contributed by atoms with Gasteiger partial charge in [-0.15, -0.1) is 0 Å². The third kappa shape index (κ3) is 2.27. The lowest BCUT2D eigenvalue weighted by atomic mass is 9.90. The molecule has 0 fully saturated rings. The molecule has 0 amide bonds.